The van der Waals surface area contributed by atoms with Gasteiger partial charge in [0.15, 0.2) is 0 Å². The second-order valence-corrected chi connectivity index (χ2v) is 14.5. The van der Waals surface area contributed by atoms with Crippen molar-refractivity contribution in [3.05, 3.63) is 125 Å². The first-order chi connectivity index (χ1) is 26.1. The Kier molecular flexibility index (Phi) is 11.4. The molecule has 0 saturated carbocycles. The topological polar surface area (TPSA) is 116 Å². The second kappa shape index (κ2) is 14.9. The first-order valence-electron chi connectivity index (χ1n) is 13.0. The predicted octanol–water partition coefficient (Wildman–Crippen LogP) is 10.7. The van der Waals surface area contributed by atoms with Gasteiger partial charge in [-0.3, -0.25) is 0 Å². The van der Waals surface area contributed by atoms with E-state index in [1.54, 1.807) is 9.82 Å². The van der Waals surface area contributed by atoms with Crippen molar-refractivity contribution in [3.8, 4) is 23.0 Å². The average Bonchev–Trinajstić information content (AvgIpc) is 3.10. The molecule has 0 radical (unpaired) electrons. The van der Waals surface area contributed by atoms with E-state index >= 15 is 35.1 Å². The van der Waals surface area contributed by atoms with E-state index in [1.807, 2.05) is 0 Å². The summed E-state index contributed by atoms with van der Waals surface area (Å²) in [7, 11) is 0. The molecule has 4 aromatic rings. The molecule has 8 nitrogen and oxygen atoms in total. The summed E-state index contributed by atoms with van der Waals surface area (Å²) in [5.41, 5.74) is 11.4. The van der Waals surface area contributed by atoms with Crippen molar-refractivity contribution in [2.75, 3.05) is 0 Å². The number of benzene rings is 4. The molecule has 0 bridgehead atoms. The standard InChI is InChI=1S/C26F22N6O2Se/c27-3-1(25(43,44)45)4(28)8(32)19(7(3)31)55-21-11(35)15(39)23(16(40)12(21)36)57(53-51-49,54-52-50)24-17(41)13(37)22(14(38)18(24)42)56-20-9(33)5(29)2(26(46,47)48)6(30)10(20)34. The van der Waals surface area contributed by atoms with Crippen LogP contribution in [0.5, 0.6) is 23.0 Å². The summed E-state index contributed by atoms with van der Waals surface area (Å²) in [5, 5.41) is 0. The van der Waals surface area contributed by atoms with Crippen LogP contribution in [0.2, 0.25) is 0 Å². The maximum atomic E-state index is 15.6. The molecule has 0 aromatic heterocycles. The van der Waals surface area contributed by atoms with Gasteiger partial charge in [-0.1, -0.05) is 0 Å². The zero-order valence-electron chi connectivity index (χ0n) is 25.2. The Morgan fingerprint density at radius 2 is 0.544 bits per heavy atom. The summed E-state index contributed by atoms with van der Waals surface area (Å²) < 4.78 is 320. The van der Waals surface area contributed by atoms with Gasteiger partial charge in [0.2, 0.25) is 0 Å². The fourth-order valence-corrected chi connectivity index (χ4v) is 8.83. The number of nitrogens with zero attached hydrogens (tertiary/aromatic N) is 6. The first kappa shape index (κ1) is 43.8. The summed E-state index contributed by atoms with van der Waals surface area (Å²) in [6.07, 6.45) is -12.4. The Morgan fingerprint density at radius 1 is 0.351 bits per heavy atom. The zero-order chi connectivity index (χ0) is 43.6. The fourth-order valence-electron chi connectivity index (χ4n) is 4.35. The third-order valence-electron chi connectivity index (χ3n) is 6.67. The van der Waals surface area contributed by atoms with Gasteiger partial charge >= 0.3 is 297 Å². The first-order valence-corrected chi connectivity index (χ1v) is 16.3. The van der Waals surface area contributed by atoms with Crippen LogP contribution in [0.25, 0.3) is 20.9 Å². The molecule has 0 saturated heterocycles. The van der Waals surface area contributed by atoms with E-state index in [2.05, 4.69) is 17.7 Å². The van der Waals surface area contributed by atoms with Crippen LogP contribution < -0.4 is 18.4 Å². The van der Waals surface area contributed by atoms with Gasteiger partial charge < -0.3 is 0 Å². The Hall–Kier alpha value is -5.92. The Morgan fingerprint density at radius 3 is 0.719 bits per heavy atom. The monoisotopic (exact) mass is 926 g/mol. The van der Waals surface area contributed by atoms with Gasteiger partial charge in [0, 0.05) is 0 Å². The van der Waals surface area contributed by atoms with E-state index in [-0.39, 0.29) is 0 Å². The van der Waals surface area contributed by atoms with Crippen LogP contribution in [0.15, 0.2) is 8.26 Å². The SMILES string of the molecule is [N-]=[N+]=N[Se](N=[N+]=[N-])(c1c(F)c(F)c(Oc2c(F)c(F)c(C(F)(F)F)c(F)c2F)c(F)c1F)c1c(F)c(F)c(Oc2c(F)c(F)c(C(F)(F)F)c(F)c2F)c(F)c1F. The Balaban J connectivity index is 2.05. The summed E-state index contributed by atoms with van der Waals surface area (Å²) >= 11 is -7.43. The van der Waals surface area contributed by atoms with Gasteiger partial charge in [0.25, 0.3) is 0 Å². The van der Waals surface area contributed by atoms with Crippen molar-refractivity contribution in [2.45, 2.75) is 12.4 Å². The van der Waals surface area contributed by atoms with E-state index < -0.39 is 162 Å². The molecule has 0 fully saturated rings. The number of azide groups is 1. The predicted molar refractivity (Wildman–Crippen MR) is 139 cm³/mol. The number of ether oxygens (including phenoxy) is 2. The van der Waals surface area contributed by atoms with E-state index in [0.717, 1.165) is 0 Å². The molecule has 0 N–H and O–H groups in total. The van der Waals surface area contributed by atoms with Crippen LogP contribution in [0.3, 0.4) is 0 Å². The molecular formula is C26F22N6O2Se. The summed E-state index contributed by atoms with van der Waals surface area (Å²) in [6.45, 7) is 0. The van der Waals surface area contributed by atoms with Gasteiger partial charge in [-0.05, 0) is 0 Å². The van der Waals surface area contributed by atoms with Gasteiger partial charge in [-0.2, -0.15) is 0 Å². The van der Waals surface area contributed by atoms with Crippen molar-refractivity contribution in [3.63, 3.8) is 0 Å². The van der Waals surface area contributed by atoms with Crippen LogP contribution >= 0.6 is 0 Å². The molecule has 0 amide bonds. The number of alkyl halides is 6. The van der Waals surface area contributed by atoms with Crippen molar-refractivity contribution in [2.24, 2.45) is 8.26 Å². The van der Waals surface area contributed by atoms with Crippen molar-refractivity contribution in [1.29, 1.82) is 0 Å². The third kappa shape index (κ3) is 6.84. The molecule has 0 aliphatic heterocycles. The number of rotatable bonds is 8. The number of halogens is 22. The average molecular weight is 925 g/mol. The summed E-state index contributed by atoms with van der Waals surface area (Å²) in [6, 6.07) is 0. The molecule has 31 heteroatoms. The van der Waals surface area contributed by atoms with Gasteiger partial charge in [-0.15, -0.1) is 0 Å². The van der Waals surface area contributed by atoms with E-state index in [9.17, 15) is 61.5 Å². The van der Waals surface area contributed by atoms with E-state index in [4.69, 9.17) is 11.1 Å². The fraction of sp³-hybridized carbons (Fsp3) is 0.0769. The summed E-state index contributed by atoms with van der Waals surface area (Å²) in [4.78, 5) is 3.49. The molecule has 0 atom stereocenters. The van der Waals surface area contributed by atoms with Crippen LogP contribution in [0.4, 0.5) is 96.6 Å². The molecule has 0 unspecified atom stereocenters. The normalized spacial score (nSPS) is 12.3. The van der Waals surface area contributed by atoms with Crippen molar-refractivity contribution >= 4 is 22.2 Å². The second-order valence-electron chi connectivity index (χ2n) is 9.84. The Labute approximate surface area is 297 Å². The Bertz CT molecular complexity index is 2210. The molecule has 306 valence electrons. The van der Waals surface area contributed by atoms with Crippen LogP contribution in [0, 0.1) is 93.1 Å². The van der Waals surface area contributed by atoms with Gasteiger partial charge in [0.1, 0.15) is 0 Å². The van der Waals surface area contributed by atoms with Gasteiger partial charge in [-0.25, -0.2) is 0 Å². The molecule has 4 aromatic carbocycles. The molecule has 0 heterocycles. The number of hydrogen-bond acceptors (Lipinski definition) is 4. The summed E-state index contributed by atoms with van der Waals surface area (Å²) in [5.74, 6) is -65.1. The minimum absolute atomic E-state index is 1.75. The molecule has 57 heavy (non-hydrogen) atoms. The van der Waals surface area contributed by atoms with E-state index in [1.165, 1.54) is 0 Å². The van der Waals surface area contributed by atoms with Crippen LogP contribution in [-0.4, -0.2) is 13.3 Å². The van der Waals surface area contributed by atoms with Crippen LogP contribution in [-0.2, 0) is 12.4 Å². The van der Waals surface area contributed by atoms with Crippen LogP contribution in [0.1, 0.15) is 11.1 Å². The molecule has 0 spiro atoms. The molecule has 4 rings (SSSR count). The van der Waals surface area contributed by atoms with Crippen molar-refractivity contribution in [1.82, 2.24) is 0 Å². The quantitative estimate of drug-likeness (QED) is 0.0437. The van der Waals surface area contributed by atoms with Crippen molar-refractivity contribution < 1.29 is 106 Å². The molecule has 0 aliphatic rings. The van der Waals surface area contributed by atoms with E-state index in [0.29, 0.717) is 0 Å². The third-order valence-corrected chi connectivity index (χ3v) is 11.9. The van der Waals surface area contributed by atoms with Gasteiger partial charge in [0.05, 0.1) is 0 Å². The molecule has 0 aliphatic carbocycles. The maximum absolute atomic E-state index is 15.6. The molecular weight excluding hydrogens is 925 g/mol. The minimum atomic E-state index is -7.43. The zero-order valence-corrected chi connectivity index (χ0v) is 26.9. The number of hydrogen-bond donors (Lipinski definition) is 0.